The largest absolute Gasteiger partial charge is 0.508 e. The van der Waals surface area contributed by atoms with Crippen molar-refractivity contribution in [3.63, 3.8) is 0 Å². The van der Waals surface area contributed by atoms with Crippen molar-refractivity contribution in [2.24, 2.45) is 11.8 Å². The van der Waals surface area contributed by atoms with Gasteiger partial charge >= 0.3 is 18.1 Å². The van der Waals surface area contributed by atoms with Crippen LogP contribution in [0.4, 0.5) is 4.79 Å². The molecule has 0 saturated carbocycles. The number of esters is 2. The Morgan fingerprint density at radius 3 is 1.90 bits per heavy atom. The van der Waals surface area contributed by atoms with Gasteiger partial charge in [0.1, 0.15) is 6.10 Å². The second-order valence-electron chi connectivity index (χ2n) is 8.31. The summed E-state index contributed by atoms with van der Waals surface area (Å²) < 4.78 is 26.1. The third-order valence-electron chi connectivity index (χ3n) is 5.46. The zero-order valence-electron chi connectivity index (χ0n) is 18.2. The number of hydrogen-bond donors (Lipinski definition) is 0. The molecule has 8 nitrogen and oxygen atoms in total. The molecule has 29 heavy (non-hydrogen) atoms. The quantitative estimate of drug-likeness (QED) is 0.138. The highest BCUT2D eigenvalue weighted by atomic mass is 79.9. The maximum Gasteiger partial charge on any atom is 0.508 e. The minimum Gasteiger partial charge on any atom is -0.468 e. The van der Waals surface area contributed by atoms with Gasteiger partial charge in [-0.15, -0.1) is 0 Å². The van der Waals surface area contributed by atoms with Gasteiger partial charge < -0.3 is 23.4 Å². The van der Waals surface area contributed by atoms with Crippen molar-refractivity contribution in [1.29, 1.82) is 0 Å². The Kier molecular flexibility index (Phi) is 8.91. The van der Waals surface area contributed by atoms with Crippen molar-refractivity contribution in [3.05, 3.63) is 12.2 Å². The summed E-state index contributed by atoms with van der Waals surface area (Å²) >= 11 is 3.56. The first-order chi connectivity index (χ1) is 13.3. The highest BCUT2D eigenvalue weighted by Gasteiger charge is 2.50. The molecule has 166 valence electrons. The Bertz CT molecular complexity index is 627. The number of carbonyl (C=O) groups is 3. The maximum atomic E-state index is 12.4. The summed E-state index contributed by atoms with van der Waals surface area (Å²) in [4.78, 5) is 35.9. The number of halogens is 1. The van der Waals surface area contributed by atoms with Gasteiger partial charge in [0, 0.05) is 5.92 Å². The minimum atomic E-state index is -2.33. The van der Waals surface area contributed by atoms with Crippen molar-refractivity contribution in [3.8, 4) is 0 Å². The third kappa shape index (κ3) is 6.05. The normalized spacial score (nSPS) is 24.8. The van der Waals surface area contributed by atoms with Crippen LogP contribution in [-0.4, -0.2) is 64.8 Å². The van der Waals surface area contributed by atoms with Crippen molar-refractivity contribution in [1.82, 2.24) is 0 Å². The van der Waals surface area contributed by atoms with Crippen LogP contribution in [0.3, 0.4) is 0 Å². The molecule has 10 heteroatoms. The summed E-state index contributed by atoms with van der Waals surface area (Å²) in [5.41, 5.74) is 0. The minimum absolute atomic E-state index is 0.129. The fourth-order valence-corrected chi connectivity index (χ4v) is 5.02. The molecule has 0 saturated heterocycles. The van der Waals surface area contributed by atoms with Crippen molar-refractivity contribution in [2.75, 3.05) is 21.3 Å². The highest BCUT2D eigenvalue weighted by Crippen LogP contribution is 2.42. The Balaban J connectivity index is 3.41. The molecule has 0 heterocycles. The summed E-state index contributed by atoms with van der Waals surface area (Å²) in [7, 11) is 1.31. The molecule has 1 aliphatic carbocycles. The topological polar surface area (TPSA) is 97.4 Å². The van der Waals surface area contributed by atoms with Crippen LogP contribution >= 0.6 is 15.9 Å². The maximum absolute atomic E-state index is 12.4. The molecule has 0 unspecified atom stereocenters. The van der Waals surface area contributed by atoms with Crippen molar-refractivity contribution >= 4 is 42.3 Å². The Labute approximate surface area is 181 Å². The summed E-state index contributed by atoms with van der Waals surface area (Å²) in [5, 5.41) is -0.129. The van der Waals surface area contributed by atoms with E-state index in [9.17, 15) is 14.4 Å². The molecule has 1 rings (SSSR count). The lowest BCUT2D eigenvalue weighted by Crippen LogP contribution is -2.55. The average Bonchev–Trinajstić information content (AvgIpc) is 2.64. The van der Waals surface area contributed by atoms with Crippen LogP contribution in [0.15, 0.2) is 12.2 Å². The first-order valence-electron chi connectivity index (χ1n) is 9.21. The van der Waals surface area contributed by atoms with Gasteiger partial charge in [0.2, 0.25) is 0 Å². The number of hydrogen-bond acceptors (Lipinski definition) is 8. The van der Waals surface area contributed by atoms with Crippen LogP contribution in [0.2, 0.25) is 18.1 Å². The van der Waals surface area contributed by atoms with E-state index in [-0.39, 0.29) is 5.04 Å². The molecule has 0 aromatic carbocycles. The molecule has 0 fully saturated rings. The van der Waals surface area contributed by atoms with Crippen LogP contribution in [-0.2, 0) is 33.0 Å². The number of rotatable bonds is 6. The molecule has 0 N–H and O–H groups in total. The van der Waals surface area contributed by atoms with Gasteiger partial charge in [-0.2, -0.15) is 0 Å². The predicted molar refractivity (Wildman–Crippen MR) is 112 cm³/mol. The van der Waals surface area contributed by atoms with E-state index in [1.165, 1.54) is 21.3 Å². The van der Waals surface area contributed by atoms with E-state index in [2.05, 4.69) is 54.5 Å². The first-order valence-corrected chi connectivity index (χ1v) is 13.0. The lowest BCUT2D eigenvalue weighted by Gasteiger charge is -2.45. The number of alkyl halides is 1. The summed E-state index contributed by atoms with van der Waals surface area (Å²) in [6, 6.07) is 0. The Morgan fingerprint density at radius 2 is 1.48 bits per heavy atom. The molecule has 0 radical (unpaired) electrons. The molecule has 0 aromatic heterocycles. The van der Waals surface area contributed by atoms with Gasteiger partial charge in [0.25, 0.3) is 0 Å². The van der Waals surface area contributed by atoms with E-state index in [0.29, 0.717) is 0 Å². The predicted octanol–water partition coefficient (Wildman–Crippen LogP) is 3.44. The standard InChI is InChI=1S/C19H31BrO8Si/c1-19(2,3)29(7,8)28-15-11(13(16(21)24-4)17(22)25-5)9-10-12(14(15)20)27-18(23)26-6/h9-15H,1-8H3/t11-,12-,14-,15-/m0/s1. The van der Waals surface area contributed by atoms with E-state index >= 15 is 0 Å². The Morgan fingerprint density at radius 1 is 0.966 bits per heavy atom. The van der Waals surface area contributed by atoms with Crippen molar-refractivity contribution in [2.45, 2.75) is 55.9 Å². The van der Waals surface area contributed by atoms with Crippen molar-refractivity contribution < 1.29 is 37.8 Å². The van der Waals surface area contributed by atoms with Crippen LogP contribution < -0.4 is 0 Å². The van der Waals surface area contributed by atoms with Gasteiger partial charge in [0.15, 0.2) is 14.2 Å². The molecular formula is C19H31BrO8Si. The monoisotopic (exact) mass is 494 g/mol. The first kappa shape index (κ1) is 25.6. The average molecular weight is 495 g/mol. The van der Waals surface area contributed by atoms with E-state index in [0.717, 1.165) is 0 Å². The van der Waals surface area contributed by atoms with Gasteiger partial charge in [-0.1, -0.05) is 42.8 Å². The lowest BCUT2D eigenvalue weighted by molar-refractivity contribution is -0.162. The molecule has 0 aliphatic heterocycles. The van der Waals surface area contributed by atoms with Crippen LogP contribution in [0, 0.1) is 11.8 Å². The van der Waals surface area contributed by atoms with E-state index < -0.39 is 55.3 Å². The molecule has 0 bridgehead atoms. The highest BCUT2D eigenvalue weighted by molar-refractivity contribution is 9.09. The van der Waals surface area contributed by atoms with Crippen LogP contribution in [0.25, 0.3) is 0 Å². The second kappa shape index (κ2) is 10.1. The smallest absolute Gasteiger partial charge is 0.468 e. The molecule has 4 atom stereocenters. The fourth-order valence-electron chi connectivity index (χ4n) is 2.74. The summed E-state index contributed by atoms with van der Waals surface area (Å²) in [5.74, 6) is -3.33. The summed E-state index contributed by atoms with van der Waals surface area (Å²) in [6.07, 6.45) is 1.04. The fraction of sp³-hybridized carbons (Fsp3) is 0.737. The van der Waals surface area contributed by atoms with E-state index in [1.54, 1.807) is 12.2 Å². The van der Waals surface area contributed by atoms with Gasteiger partial charge in [-0.25, -0.2) is 4.79 Å². The third-order valence-corrected chi connectivity index (χ3v) is 11.0. The molecule has 1 aliphatic rings. The lowest BCUT2D eigenvalue weighted by atomic mass is 9.81. The number of ether oxygens (including phenoxy) is 4. The molecule has 0 amide bonds. The zero-order valence-corrected chi connectivity index (χ0v) is 20.8. The number of methoxy groups -OCH3 is 3. The zero-order chi connectivity index (χ0) is 22.6. The second-order valence-corrected chi connectivity index (χ2v) is 14.1. The van der Waals surface area contributed by atoms with E-state index in [4.69, 9.17) is 18.6 Å². The summed E-state index contributed by atoms with van der Waals surface area (Å²) in [6.45, 7) is 10.4. The molecule has 0 aromatic rings. The Hall–Kier alpha value is -1.39. The van der Waals surface area contributed by atoms with Crippen LogP contribution in [0.5, 0.6) is 0 Å². The van der Waals surface area contributed by atoms with E-state index in [1.807, 2.05) is 0 Å². The van der Waals surface area contributed by atoms with Gasteiger partial charge in [0.05, 0.1) is 32.3 Å². The molecular weight excluding hydrogens is 464 g/mol. The van der Waals surface area contributed by atoms with Gasteiger partial charge in [-0.05, 0) is 24.2 Å². The molecule has 0 spiro atoms. The SMILES string of the molecule is COC(=O)O[C@H]1C=C[C@@H](C(C(=O)OC)C(=O)OC)[C@H](O[Si](C)(C)C(C)(C)C)[C@H]1Br. The number of carbonyl (C=O) groups excluding carboxylic acids is 3. The van der Waals surface area contributed by atoms with Gasteiger partial charge in [-0.3, -0.25) is 9.59 Å². The van der Waals surface area contributed by atoms with Crippen LogP contribution in [0.1, 0.15) is 20.8 Å².